The molecule has 0 saturated heterocycles. The van der Waals surface area contributed by atoms with E-state index >= 15 is 0 Å². The van der Waals surface area contributed by atoms with Gasteiger partial charge in [-0.3, -0.25) is 0 Å². The van der Waals surface area contributed by atoms with Crippen molar-refractivity contribution in [3.63, 3.8) is 0 Å². The van der Waals surface area contributed by atoms with E-state index in [1.807, 2.05) is 13.0 Å². The quantitative estimate of drug-likeness (QED) is 0.875. The van der Waals surface area contributed by atoms with E-state index < -0.39 is 0 Å². The summed E-state index contributed by atoms with van der Waals surface area (Å²) in [6.07, 6.45) is 3.01. The fourth-order valence-electron chi connectivity index (χ4n) is 2.75. The van der Waals surface area contributed by atoms with Gasteiger partial charge in [0.2, 0.25) is 0 Å². The van der Waals surface area contributed by atoms with Crippen molar-refractivity contribution in [1.29, 1.82) is 0 Å². The molecule has 0 spiro atoms. The van der Waals surface area contributed by atoms with Crippen LogP contribution in [0.4, 0.5) is 10.1 Å². The Bertz CT molecular complexity index is 591. The Morgan fingerprint density at radius 3 is 2.81 bits per heavy atom. The highest BCUT2D eigenvalue weighted by Gasteiger charge is 2.32. The molecule has 1 aliphatic rings. The molecule has 1 aliphatic carbocycles. The minimum absolute atomic E-state index is 0.0350. The van der Waals surface area contributed by atoms with Crippen LogP contribution in [0.1, 0.15) is 30.9 Å². The molecule has 0 bridgehead atoms. The fraction of sp³-hybridized carbons (Fsp3) is 0.412. The second kappa shape index (κ2) is 6.16. The molecule has 3 rings (SSSR count). The number of para-hydroxylation sites is 1. The minimum atomic E-state index is -0.129. The molecule has 1 saturated carbocycles. The highest BCUT2D eigenvalue weighted by molar-refractivity contribution is 7.07. The number of rotatable bonds is 6. The third kappa shape index (κ3) is 3.44. The predicted molar refractivity (Wildman–Crippen MR) is 87.3 cm³/mol. The van der Waals surface area contributed by atoms with E-state index in [1.165, 1.54) is 5.56 Å². The number of halogens is 1. The number of nitrogens with zero attached hydrogens (tertiary/aromatic N) is 1. The maximum atomic E-state index is 14.5. The van der Waals surface area contributed by atoms with Gasteiger partial charge in [-0.15, -0.1) is 0 Å². The monoisotopic (exact) mass is 304 g/mol. The van der Waals surface area contributed by atoms with Crippen LogP contribution in [-0.2, 0) is 13.0 Å². The number of hydrogen-bond acceptors (Lipinski definition) is 3. The second-order valence-corrected chi connectivity index (χ2v) is 6.70. The highest BCUT2D eigenvalue weighted by Crippen LogP contribution is 2.37. The third-order valence-electron chi connectivity index (χ3n) is 3.82. The fourth-order valence-corrected chi connectivity index (χ4v) is 3.41. The zero-order valence-electron chi connectivity index (χ0n) is 12.3. The van der Waals surface area contributed by atoms with Gasteiger partial charge in [0.25, 0.3) is 0 Å². The van der Waals surface area contributed by atoms with Gasteiger partial charge in [0.15, 0.2) is 0 Å². The first kappa shape index (κ1) is 14.5. The van der Waals surface area contributed by atoms with Gasteiger partial charge in [-0.1, -0.05) is 12.1 Å². The lowest BCUT2D eigenvalue weighted by atomic mass is 10.0. The summed E-state index contributed by atoms with van der Waals surface area (Å²) >= 11 is 1.69. The zero-order valence-corrected chi connectivity index (χ0v) is 13.1. The van der Waals surface area contributed by atoms with E-state index in [9.17, 15) is 4.39 Å². The first-order valence-corrected chi connectivity index (χ1v) is 8.40. The van der Waals surface area contributed by atoms with Crippen LogP contribution in [0.3, 0.4) is 0 Å². The maximum Gasteiger partial charge on any atom is 0.146 e. The number of nitrogens with two attached hydrogens (primary N) is 1. The molecule has 4 heteroatoms. The predicted octanol–water partition coefficient (Wildman–Crippen LogP) is 3.95. The summed E-state index contributed by atoms with van der Waals surface area (Å²) in [6, 6.07) is 7.97. The molecular formula is C17H21FN2S. The molecule has 1 aromatic carbocycles. The third-order valence-corrected chi connectivity index (χ3v) is 4.55. The Morgan fingerprint density at radius 1 is 1.38 bits per heavy atom. The zero-order chi connectivity index (χ0) is 14.8. The van der Waals surface area contributed by atoms with Crippen molar-refractivity contribution < 1.29 is 4.39 Å². The molecule has 1 aromatic heterocycles. The van der Waals surface area contributed by atoms with Crippen LogP contribution in [0, 0.1) is 5.82 Å². The first-order valence-electron chi connectivity index (χ1n) is 7.46. The van der Waals surface area contributed by atoms with E-state index in [0.29, 0.717) is 12.5 Å². The number of hydrogen-bond donors (Lipinski definition) is 1. The van der Waals surface area contributed by atoms with E-state index in [0.717, 1.165) is 30.6 Å². The van der Waals surface area contributed by atoms with Gasteiger partial charge in [-0.25, -0.2) is 4.39 Å². The summed E-state index contributed by atoms with van der Waals surface area (Å²) < 4.78 is 14.5. The van der Waals surface area contributed by atoms with E-state index in [4.69, 9.17) is 5.73 Å². The molecule has 0 amide bonds. The molecule has 1 atom stereocenters. The molecule has 2 N–H and O–H groups in total. The van der Waals surface area contributed by atoms with Gasteiger partial charge in [0.05, 0.1) is 5.69 Å². The second-order valence-electron chi connectivity index (χ2n) is 5.92. The van der Waals surface area contributed by atoms with E-state index in [2.05, 4.69) is 21.7 Å². The van der Waals surface area contributed by atoms with Crippen molar-refractivity contribution in [3.8, 4) is 0 Å². The van der Waals surface area contributed by atoms with Crippen LogP contribution in [0.25, 0.3) is 0 Å². The molecule has 2 aromatic rings. The smallest absolute Gasteiger partial charge is 0.146 e. The largest absolute Gasteiger partial charge is 0.362 e. The molecule has 1 unspecified atom stereocenters. The highest BCUT2D eigenvalue weighted by atomic mass is 32.1. The van der Waals surface area contributed by atoms with Crippen molar-refractivity contribution in [1.82, 2.24) is 0 Å². The van der Waals surface area contributed by atoms with Crippen molar-refractivity contribution >= 4 is 17.0 Å². The van der Waals surface area contributed by atoms with Crippen molar-refractivity contribution in [2.24, 2.45) is 5.73 Å². The van der Waals surface area contributed by atoms with Crippen LogP contribution < -0.4 is 10.6 Å². The molecule has 1 fully saturated rings. The van der Waals surface area contributed by atoms with Crippen LogP contribution >= 0.6 is 11.3 Å². The Labute approximate surface area is 129 Å². The van der Waals surface area contributed by atoms with Crippen LogP contribution in [0.5, 0.6) is 0 Å². The Morgan fingerprint density at radius 2 is 2.19 bits per heavy atom. The van der Waals surface area contributed by atoms with Gasteiger partial charge in [-0.05, 0) is 60.2 Å². The lowest BCUT2D eigenvalue weighted by molar-refractivity contribution is 0.608. The Kier molecular flexibility index (Phi) is 4.27. The molecular weight excluding hydrogens is 283 g/mol. The number of thiophene rings is 1. The van der Waals surface area contributed by atoms with E-state index in [-0.39, 0.29) is 11.9 Å². The van der Waals surface area contributed by atoms with Gasteiger partial charge in [-0.2, -0.15) is 11.3 Å². The van der Waals surface area contributed by atoms with E-state index in [1.54, 1.807) is 23.5 Å². The maximum absolute atomic E-state index is 14.5. The molecule has 1 heterocycles. The van der Waals surface area contributed by atoms with Crippen molar-refractivity contribution in [2.75, 3.05) is 4.90 Å². The van der Waals surface area contributed by atoms with Crippen LogP contribution in [0.2, 0.25) is 0 Å². The minimum Gasteiger partial charge on any atom is -0.362 e. The molecule has 2 nitrogen and oxygen atoms in total. The van der Waals surface area contributed by atoms with Gasteiger partial charge in [0, 0.05) is 18.6 Å². The summed E-state index contributed by atoms with van der Waals surface area (Å²) in [6.45, 7) is 2.75. The normalized spacial score (nSPS) is 16.0. The van der Waals surface area contributed by atoms with Gasteiger partial charge in [0.1, 0.15) is 5.82 Å². The summed E-state index contributed by atoms with van der Waals surface area (Å²) in [7, 11) is 0. The average Bonchev–Trinajstić information content (AvgIpc) is 3.14. The topological polar surface area (TPSA) is 29.3 Å². The Hall–Kier alpha value is -1.39. The summed E-state index contributed by atoms with van der Waals surface area (Å²) in [4.78, 5) is 2.23. The summed E-state index contributed by atoms with van der Waals surface area (Å²) in [5, 5.41) is 4.21. The van der Waals surface area contributed by atoms with Crippen molar-refractivity contribution in [3.05, 3.63) is 52.0 Å². The molecule has 0 radical (unpaired) electrons. The SMILES string of the molecule is CC(N)Cc1cccc(F)c1N(Cc1ccsc1)C1CC1. The first-order chi connectivity index (χ1) is 10.1. The standard InChI is InChI=1S/C17H21FN2S/c1-12(19)9-14-3-2-4-16(18)17(14)20(15-5-6-15)10-13-7-8-21-11-13/h2-4,7-8,11-12,15H,5-6,9-10,19H2,1H3. The molecule has 112 valence electrons. The van der Waals surface area contributed by atoms with Crippen molar-refractivity contribution in [2.45, 2.75) is 44.8 Å². The van der Waals surface area contributed by atoms with Crippen LogP contribution in [-0.4, -0.2) is 12.1 Å². The lowest BCUT2D eigenvalue weighted by Crippen LogP contribution is -2.28. The molecule has 0 aliphatic heterocycles. The number of anilines is 1. The van der Waals surface area contributed by atoms with Crippen LogP contribution in [0.15, 0.2) is 35.0 Å². The Balaban J connectivity index is 1.94. The van der Waals surface area contributed by atoms with Gasteiger partial charge < -0.3 is 10.6 Å². The lowest BCUT2D eigenvalue weighted by Gasteiger charge is -2.28. The average molecular weight is 304 g/mol. The summed E-state index contributed by atoms with van der Waals surface area (Å²) in [5.41, 5.74) is 8.96. The van der Waals surface area contributed by atoms with Gasteiger partial charge >= 0.3 is 0 Å². The number of benzene rings is 1. The molecule has 21 heavy (non-hydrogen) atoms. The summed E-state index contributed by atoms with van der Waals surface area (Å²) in [5.74, 6) is -0.129.